The third-order valence-electron chi connectivity index (χ3n) is 5.23. The van der Waals surface area contributed by atoms with E-state index in [9.17, 15) is 9.59 Å². The van der Waals surface area contributed by atoms with Gasteiger partial charge in [0.05, 0.1) is 6.54 Å². The molecule has 1 aliphatic heterocycles. The largest absolute Gasteiger partial charge is 0.326 e. The highest BCUT2D eigenvalue weighted by atomic mass is 16.2. The molecule has 0 unspecified atom stereocenters. The topological polar surface area (TPSA) is 61.4 Å². The summed E-state index contributed by atoms with van der Waals surface area (Å²) in [5.41, 5.74) is 1.50. The quantitative estimate of drug-likeness (QED) is 0.892. The molecule has 1 aromatic carbocycles. The van der Waals surface area contributed by atoms with Gasteiger partial charge in [-0.3, -0.25) is 14.5 Å². The lowest BCUT2D eigenvalue weighted by Crippen LogP contribution is -2.44. The van der Waals surface area contributed by atoms with Gasteiger partial charge in [-0.1, -0.05) is 19.3 Å². The van der Waals surface area contributed by atoms with Crippen LogP contribution in [0.5, 0.6) is 0 Å². The minimum atomic E-state index is -0.0992. The Balaban J connectivity index is 1.47. The smallest absolute Gasteiger partial charge is 0.238 e. The molecule has 1 heterocycles. The number of nitrogens with zero attached hydrogens (tertiary/aromatic N) is 1. The van der Waals surface area contributed by atoms with Gasteiger partial charge in [0.15, 0.2) is 0 Å². The van der Waals surface area contributed by atoms with Crippen molar-refractivity contribution in [2.24, 2.45) is 11.8 Å². The summed E-state index contributed by atoms with van der Waals surface area (Å²) in [6.07, 6.45) is 6.68. The molecule has 24 heavy (non-hydrogen) atoms. The summed E-state index contributed by atoms with van der Waals surface area (Å²) in [6.45, 7) is 4.05. The summed E-state index contributed by atoms with van der Waals surface area (Å²) in [5, 5.41) is 5.67. The predicted octanol–water partition coefficient (Wildman–Crippen LogP) is 3.10. The Morgan fingerprint density at radius 1 is 1.00 bits per heavy atom. The van der Waals surface area contributed by atoms with Gasteiger partial charge in [0.25, 0.3) is 0 Å². The average molecular weight is 329 g/mol. The number of likely N-dealkylation sites (tertiary alicyclic amines) is 1. The van der Waals surface area contributed by atoms with E-state index >= 15 is 0 Å². The summed E-state index contributed by atoms with van der Waals surface area (Å²) in [4.78, 5) is 25.6. The number of amides is 2. The van der Waals surface area contributed by atoms with E-state index in [1.807, 2.05) is 12.1 Å². The summed E-state index contributed by atoms with van der Waals surface area (Å²) >= 11 is 0. The maximum atomic E-state index is 12.3. The van der Waals surface area contributed by atoms with Crippen molar-refractivity contribution in [1.82, 2.24) is 4.90 Å². The van der Waals surface area contributed by atoms with E-state index in [1.54, 1.807) is 12.1 Å². The van der Waals surface area contributed by atoms with Crippen LogP contribution < -0.4 is 10.6 Å². The molecular weight excluding hydrogens is 302 g/mol. The molecule has 3 rings (SSSR count). The van der Waals surface area contributed by atoms with Crippen molar-refractivity contribution in [1.29, 1.82) is 0 Å². The molecule has 2 amide bonds. The van der Waals surface area contributed by atoms with Crippen molar-refractivity contribution in [3.63, 3.8) is 0 Å². The number of carbonyl (C=O) groups is 2. The van der Waals surface area contributed by atoms with Gasteiger partial charge in [0.2, 0.25) is 11.8 Å². The van der Waals surface area contributed by atoms with E-state index in [2.05, 4.69) is 15.5 Å². The van der Waals surface area contributed by atoms with Crippen LogP contribution in [0.4, 0.5) is 11.4 Å². The maximum Gasteiger partial charge on any atom is 0.238 e. The molecule has 5 nitrogen and oxygen atoms in total. The van der Waals surface area contributed by atoms with Crippen LogP contribution in [0, 0.1) is 11.8 Å². The second kappa shape index (κ2) is 7.79. The monoisotopic (exact) mass is 329 g/mol. The number of hydrogen-bond donors (Lipinski definition) is 2. The van der Waals surface area contributed by atoms with Gasteiger partial charge in [-0.25, -0.2) is 0 Å². The molecular formula is C19H27N3O2. The Labute approximate surface area is 143 Å². The molecule has 1 saturated carbocycles. The van der Waals surface area contributed by atoms with Gasteiger partial charge in [0, 0.05) is 24.8 Å². The zero-order chi connectivity index (χ0) is 16.9. The fourth-order valence-electron chi connectivity index (χ4n) is 4.06. The molecule has 2 aliphatic rings. The van der Waals surface area contributed by atoms with Crippen LogP contribution >= 0.6 is 0 Å². The van der Waals surface area contributed by atoms with Crippen LogP contribution in [0.25, 0.3) is 0 Å². The SMILES string of the molecule is CC(=O)Nc1ccc(NC(=O)CN2CC[C@H]3CCCC[C@@H]3C2)cc1. The Kier molecular flexibility index (Phi) is 5.51. The molecule has 130 valence electrons. The second-order valence-electron chi connectivity index (χ2n) is 7.14. The highest BCUT2D eigenvalue weighted by molar-refractivity contribution is 5.93. The van der Waals surface area contributed by atoms with Crippen molar-refractivity contribution < 1.29 is 9.59 Å². The molecule has 0 spiro atoms. The Morgan fingerprint density at radius 3 is 2.29 bits per heavy atom. The van der Waals surface area contributed by atoms with Gasteiger partial charge in [-0.2, -0.15) is 0 Å². The van der Waals surface area contributed by atoms with E-state index < -0.39 is 0 Å². The number of rotatable bonds is 4. The molecule has 0 aromatic heterocycles. The second-order valence-corrected chi connectivity index (χ2v) is 7.14. The first-order chi connectivity index (χ1) is 11.6. The molecule has 5 heteroatoms. The normalized spacial score (nSPS) is 24.0. The first-order valence-electron chi connectivity index (χ1n) is 9.00. The highest BCUT2D eigenvalue weighted by Crippen LogP contribution is 2.35. The van der Waals surface area contributed by atoms with Crippen LogP contribution in [0.15, 0.2) is 24.3 Å². The van der Waals surface area contributed by atoms with Gasteiger partial charge in [-0.05, 0) is 55.5 Å². The average Bonchev–Trinajstić information content (AvgIpc) is 2.56. The fraction of sp³-hybridized carbons (Fsp3) is 0.579. The number of piperidine rings is 1. The van der Waals surface area contributed by atoms with Gasteiger partial charge in [0.1, 0.15) is 0 Å². The van der Waals surface area contributed by atoms with Crippen LogP contribution in [0.2, 0.25) is 0 Å². The van der Waals surface area contributed by atoms with E-state index in [1.165, 1.54) is 39.0 Å². The number of anilines is 2. The number of hydrogen-bond acceptors (Lipinski definition) is 3. The number of carbonyl (C=O) groups excluding carboxylic acids is 2. The number of nitrogens with one attached hydrogen (secondary N) is 2. The maximum absolute atomic E-state index is 12.3. The fourth-order valence-corrected chi connectivity index (χ4v) is 4.06. The van der Waals surface area contributed by atoms with Crippen LogP contribution in [0.3, 0.4) is 0 Å². The third-order valence-corrected chi connectivity index (χ3v) is 5.23. The van der Waals surface area contributed by atoms with Crippen LogP contribution in [0.1, 0.15) is 39.0 Å². The minimum absolute atomic E-state index is 0.0385. The molecule has 1 aromatic rings. The Bertz CT molecular complexity index is 585. The van der Waals surface area contributed by atoms with E-state index in [-0.39, 0.29) is 11.8 Å². The van der Waals surface area contributed by atoms with Crippen LogP contribution in [-0.4, -0.2) is 36.3 Å². The number of fused-ring (bicyclic) bond motifs is 1. The molecule has 0 bridgehead atoms. The van der Waals surface area contributed by atoms with Crippen molar-refractivity contribution in [3.05, 3.63) is 24.3 Å². The molecule has 2 atom stereocenters. The van der Waals surface area contributed by atoms with Crippen LogP contribution in [-0.2, 0) is 9.59 Å². The summed E-state index contributed by atoms with van der Waals surface area (Å²) in [6, 6.07) is 7.22. The Hall–Kier alpha value is -1.88. The third kappa shape index (κ3) is 4.57. The van der Waals surface area contributed by atoms with Gasteiger partial charge >= 0.3 is 0 Å². The Morgan fingerprint density at radius 2 is 1.62 bits per heavy atom. The zero-order valence-electron chi connectivity index (χ0n) is 14.4. The summed E-state index contributed by atoms with van der Waals surface area (Å²) in [7, 11) is 0. The molecule has 2 fully saturated rings. The molecule has 1 aliphatic carbocycles. The lowest BCUT2D eigenvalue weighted by Gasteiger charge is -2.41. The van der Waals surface area contributed by atoms with Crippen molar-refractivity contribution in [2.75, 3.05) is 30.3 Å². The van der Waals surface area contributed by atoms with E-state index in [0.29, 0.717) is 6.54 Å². The first-order valence-corrected chi connectivity index (χ1v) is 9.00. The predicted molar refractivity (Wildman–Crippen MR) is 95.9 cm³/mol. The summed E-state index contributed by atoms with van der Waals surface area (Å²) in [5.74, 6) is 1.62. The summed E-state index contributed by atoms with van der Waals surface area (Å²) < 4.78 is 0. The first kappa shape index (κ1) is 17.0. The molecule has 2 N–H and O–H groups in total. The molecule has 0 radical (unpaired) electrons. The van der Waals surface area contributed by atoms with Gasteiger partial charge in [-0.15, -0.1) is 0 Å². The highest BCUT2D eigenvalue weighted by Gasteiger charge is 2.31. The van der Waals surface area contributed by atoms with Crippen molar-refractivity contribution in [2.45, 2.75) is 39.0 Å². The van der Waals surface area contributed by atoms with Crippen molar-refractivity contribution >= 4 is 23.2 Å². The van der Waals surface area contributed by atoms with E-state index in [0.717, 1.165) is 36.3 Å². The minimum Gasteiger partial charge on any atom is -0.326 e. The lowest BCUT2D eigenvalue weighted by molar-refractivity contribution is -0.118. The van der Waals surface area contributed by atoms with Crippen molar-refractivity contribution in [3.8, 4) is 0 Å². The zero-order valence-corrected chi connectivity index (χ0v) is 14.4. The van der Waals surface area contributed by atoms with Gasteiger partial charge < -0.3 is 10.6 Å². The van der Waals surface area contributed by atoms with E-state index in [4.69, 9.17) is 0 Å². The standard InChI is InChI=1S/C19H27N3O2/c1-14(23)20-17-6-8-18(9-7-17)21-19(24)13-22-11-10-15-4-2-3-5-16(15)12-22/h6-9,15-16H,2-5,10-13H2,1H3,(H,20,23)(H,21,24)/t15-,16-/m1/s1. The lowest BCUT2D eigenvalue weighted by atomic mass is 9.75. The number of benzene rings is 1. The molecule has 1 saturated heterocycles.